The average Bonchev–Trinajstić information content (AvgIpc) is 2.88. The monoisotopic (exact) mass is 525 g/mol. The Bertz CT molecular complexity index is 803. The second-order valence-corrected chi connectivity index (χ2v) is 6.37. The van der Waals surface area contributed by atoms with Gasteiger partial charge in [0.05, 0.1) is 12.2 Å². The normalized spacial score (nSPS) is 11.8. The first-order chi connectivity index (χ1) is 13.2. The van der Waals surface area contributed by atoms with Gasteiger partial charge in [-0.3, -0.25) is 4.68 Å². The molecule has 1 heterocycles. The molecule has 0 atom stereocenters. The predicted molar refractivity (Wildman–Crippen MR) is 118 cm³/mol. The van der Waals surface area contributed by atoms with Gasteiger partial charge in [-0.2, -0.15) is 18.3 Å². The van der Waals surface area contributed by atoms with E-state index in [0.29, 0.717) is 25.6 Å². The number of nitrogens with zero attached hydrogens (tertiary/aromatic N) is 3. The summed E-state index contributed by atoms with van der Waals surface area (Å²) in [7, 11) is 1.91. The third-order valence-electron chi connectivity index (χ3n) is 4.18. The number of nitrogens with one attached hydrogen (secondary N) is 2. The molecule has 0 unspecified atom stereocenters. The lowest BCUT2D eigenvalue weighted by molar-refractivity contribution is -0.153. The molecule has 0 saturated carbocycles. The highest BCUT2D eigenvalue weighted by Gasteiger charge is 2.28. The van der Waals surface area contributed by atoms with E-state index in [4.69, 9.17) is 4.74 Å². The molecule has 1 aromatic carbocycles. The van der Waals surface area contributed by atoms with Crippen LogP contribution in [0.4, 0.5) is 13.2 Å². The summed E-state index contributed by atoms with van der Waals surface area (Å²) < 4.78 is 43.1. The average molecular weight is 525 g/mol. The summed E-state index contributed by atoms with van der Waals surface area (Å²) >= 11 is 0. The highest BCUT2D eigenvalue weighted by molar-refractivity contribution is 14.0. The van der Waals surface area contributed by atoms with Crippen molar-refractivity contribution in [2.24, 2.45) is 12.0 Å². The molecule has 2 N–H and O–H groups in total. The van der Waals surface area contributed by atoms with Gasteiger partial charge in [-0.15, -0.1) is 24.0 Å². The number of guanidine groups is 1. The Hall–Kier alpha value is -1.98. The topological polar surface area (TPSA) is 63.5 Å². The van der Waals surface area contributed by atoms with E-state index in [9.17, 15) is 13.2 Å². The maximum atomic E-state index is 12.2. The number of aliphatic imine (C=N–C) groups is 1. The number of rotatable bonds is 7. The molecule has 0 saturated heterocycles. The number of ether oxygens (including phenoxy) is 1. The molecular weight excluding hydrogens is 498 g/mol. The van der Waals surface area contributed by atoms with Crippen molar-refractivity contribution in [3.8, 4) is 5.75 Å². The zero-order valence-corrected chi connectivity index (χ0v) is 19.3. The first kappa shape index (κ1) is 25.1. The Morgan fingerprint density at radius 1 is 1.17 bits per heavy atom. The number of benzene rings is 1. The van der Waals surface area contributed by atoms with Crippen molar-refractivity contribution in [2.75, 3.05) is 13.2 Å². The molecule has 0 bridgehead atoms. The second-order valence-electron chi connectivity index (χ2n) is 6.37. The first-order valence-electron chi connectivity index (χ1n) is 8.99. The summed E-state index contributed by atoms with van der Waals surface area (Å²) in [6.45, 7) is 6.36. The highest BCUT2D eigenvalue weighted by atomic mass is 127. The predicted octanol–water partition coefficient (Wildman–Crippen LogP) is 3.85. The molecule has 10 heteroatoms. The third-order valence-corrected chi connectivity index (χ3v) is 4.18. The minimum atomic E-state index is -4.35. The van der Waals surface area contributed by atoms with Crippen LogP contribution in [0.25, 0.3) is 0 Å². The quantitative estimate of drug-likeness (QED) is 0.328. The molecule has 0 radical (unpaired) electrons. The number of hydrogen-bond donors (Lipinski definition) is 2. The molecule has 1 aromatic heterocycles. The van der Waals surface area contributed by atoms with Gasteiger partial charge in [0.15, 0.2) is 12.6 Å². The second kappa shape index (κ2) is 11.3. The van der Waals surface area contributed by atoms with Gasteiger partial charge < -0.3 is 15.4 Å². The lowest BCUT2D eigenvalue weighted by Crippen LogP contribution is -2.37. The van der Waals surface area contributed by atoms with Crippen molar-refractivity contribution in [2.45, 2.75) is 40.0 Å². The van der Waals surface area contributed by atoms with Crippen molar-refractivity contribution in [1.29, 1.82) is 0 Å². The Balaban J connectivity index is 0.00000420. The van der Waals surface area contributed by atoms with Gasteiger partial charge in [0.1, 0.15) is 5.75 Å². The van der Waals surface area contributed by atoms with Crippen LogP contribution in [0.1, 0.15) is 29.4 Å². The molecule has 6 nitrogen and oxygen atoms in total. The van der Waals surface area contributed by atoms with Crippen LogP contribution in [0.15, 0.2) is 29.3 Å². The van der Waals surface area contributed by atoms with Crippen LogP contribution >= 0.6 is 24.0 Å². The van der Waals surface area contributed by atoms with Gasteiger partial charge in [0.25, 0.3) is 0 Å². The summed E-state index contributed by atoms with van der Waals surface area (Å²) in [5.41, 5.74) is 4.05. The Labute approximate surface area is 185 Å². The van der Waals surface area contributed by atoms with Gasteiger partial charge in [0, 0.05) is 31.4 Å². The number of hydrogen-bond acceptors (Lipinski definition) is 3. The Kier molecular flexibility index (Phi) is 9.74. The smallest absolute Gasteiger partial charge is 0.422 e. The van der Waals surface area contributed by atoms with Crippen molar-refractivity contribution in [1.82, 2.24) is 20.4 Å². The highest BCUT2D eigenvalue weighted by Crippen LogP contribution is 2.19. The number of alkyl halides is 3. The molecule has 0 fully saturated rings. The molecule has 2 rings (SSSR count). The number of aromatic nitrogens is 2. The SMILES string of the molecule is CCNC(=NCc1ccc(OCC(F)(F)F)cc1)NCc1c(C)nn(C)c1C.I. The van der Waals surface area contributed by atoms with Crippen molar-refractivity contribution in [3.05, 3.63) is 46.8 Å². The Morgan fingerprint density at radius 2 is 1.83 bits per heavy atom. The van der Waals surface area contributed by atoms with E-state index in [1.165, 1.54) is 12.1 Å². The van der Waals surface area contributed by atoms with E-state index in [1.807, 2.05) is 32.5 Å². The molecular formula is C19H27F3IN5O. The van der Waals surface area contributed by atoms with Crippen LogP contribution in [0.2, 0.25) is 0 Å². The van der Waals surface area contributed by atoms with Gasteiger partial charge in [-0.05, 0) is 38.5 Å². The van der Waals surface area contributed by atoms with E-state index in [1.54, 1.807) is 12.1 Å². The fourth-order valence-electron chi connectivity index (χ4n) is 2.61. The maximum Gasteiger partial charge on any atom is 0.422 e. The third kappa shape index (κ3) is 8.11. The van der Waals surface area contributed by atoms with Gasteiger partial charge >= 0.3 is 6.18 Å². The van der Waals surface area contributed by atoms with Crippen LogP contribution in [0.5, 0.6) is 5.75 Å². The zero-order chi connectivity index (χ0) is 20.7. The van der Waals surface area contributed by atoms with Crippen LogP contribution in [-0.2, 0) is 20.1 Å². The molecule has 0 aliphatic carbocycles. The lowest BCUT2D eigenvalue weighted by Gasteiger charge is -2.12. The maximum absolute atomic E-state index is 12.2. The lowest BCUT2D eigenvalue weighted by atomic mass is 10.2. The van der Waals surface area contributed by atoms with E-state index in [-0.39, 0.29) is 29.7 Å². The first-order valence-corrected chi connectivity index (χ1v) is 8.99. The molecule has 2 aromatic rings. The summed E-state index contributed by atoms with van der Waals surface area (Å²) in [5.74, 6) is 0.833. The van der Waals surface area contributed by atoms with E-state index >= 15 is 0 Å². The summed E-state index contributed by atoms with van der Waals surface area (Å²) in [6, 6.07) is 6.43. The van der Waals surface area contributed by atoms with Crippen LogP contribution in [-0.4, -0.2) is 35.1 Å². The van der Waals surface area contributed by atoms with Crippen molar-refractivity contribution in [3.63, 3.8) is 0 Å². The molecule has 0 amide bonds. The zero-order valence-electron chi connectivity index (χ0n) is 16.9. The molecule has 0 aliphatic heterocycles. The van der Waals surface area contributed by atoms with E-state index in [2.05, 4.69) is 20.7 Å². The minimum Gasteiger partial charge on any atom is -0.484 e. The standard InChI is InChI=1S/C19H26F3N5O.HI/c1-5-23-18(25-11-17-13(2)26-27(4)14(17)3)24-10-15-6-8-16(9-7-15)28-12-19(20,21)22;/h6-9H,5,10-12H2,1-4H3,(H2,23,24,25);1H. The van der Waals surface area contributed by atoms with Gasteiger partial charge in [0.2, 0.25) is 0 Å². The summed E-state index contributed by atoms with van der Waals surface area (Å²) in [4.78, 5) is 4.53. The fourth-order valence-corrected chi connectivity index (χ4v) is 2.61. The number of halogens is 4. The van der Waals surface area contributed by atoms with Gasteiger partial charge in [-0.25, -0.2) is 4.99 Å². The molecule has 0 aliphatic rings. The minimum absolute atomic E-state index is 0. The molecule has 162 valence electrons. The van der Waals surface area contributed by atoms with Crippen molar-refractivity contribution < 1.29 is 17.9 Å². The van der Waals surface area contributed by atoms with Crippen molar-refractivity contribution >= 4 is 29.9 Å². The molecule has 0 spiro atoms. The summed E-state index contributed by atoms with van der Waals surface area (Å²) in [5, 5.41) is 10.9. The molecule has 29 heavy (non-hydrogen) atoms. The van der Waals surface area contributed by atoms with Crippen LogP contribution in [0.3, 0.4) is 0 Å². The van der Waals surface area contributed by atoms with Crippen LogP contribution in [0, 0.1) is 13.8 Å². The fraction of sp³-hybridized carbons (Fsp3) is 0.474. The van der Waals surface area contributed by atoms with Gasteiger partial charge in [-0.1, -0.05) is 12.1 Å². The summed E-state index contributed by atoms with van der Waals surface area (Å²) in [6.07, 6.45) is -4.35. The Morgan fingerprint density at radius 3 is 2.34 bits per heavy atom. The van der Waals surface area contributed by atoms with E-state index in [0.717, 1.165) is 22.5 Å². The van der Waals surface area contributed by atoms with E-state index < -0.39 is 12.8 Å². The van der Waals surface area contributed by atoms with Crippen LogP contribution < -0.4 is 15.4 Å². The number of aryl methyl sites for hydroxylation is 2. The largest absolute Gasteiger partial charge is 0.484 e.